The van der Waals surface area contributed by atoms with E-state index in [1.54, 1.807) is 7.11 Å². The third kappa shape index (κ3) is 1.66. The second kappa shape index (κ2) is 3.91. The zero-order valence-corrected chi connectivity index (χ0v) is 10.3. The van der Waals surface area contributed by atoms with Crippen molar-refractivity contribution in [3.8, 4) is 0 Å². The van der Waals surface area contributed by atoms with Gasteiger partial charge in [0.15, 0.2) is 5.58 Å². The van der Waals surface area contributed by atoms with Gasteiger partial charge in [-0.15, -0.1) is 0 Å². The second-order valence-corrected chi connectivity index (χ2v) is 4.42. The second-order valence-electron chi connectivity index (χ2n) is 4.42. The number of nitrogens with one attached hydrogen (secondary N) is 1. The highest BCUT2D eigenvalue weighted by atomic mass is 16.5. The molecule has 1 aliphatic rings. The van der Waals surface area contributed by atoms with Crippen molar-refractivity contribution in [3.05, 3.63) is 54.3 Å². The summed E-state index contributed by atoms with van der Waals surface area (Å²) in [5, 5.41) is 3.24. The maximum Gasteiger partial charge on any atom is 0.224 e. The van der Waals surface area contributed by atoms with Crippen LogP contribution in [0.3, 0.4) is 0 Å². The third-order valence-electron chi connectivity index (χ3n) is 3.07. The number of hydrogen-bond donors (Lipinski definition) is 1. The maximum atomic E-state index is 5.78. The van der Waals surface area contributed by atoms with Crippen molar-refractivity contribution in [2.45, 2.75) is 12.5 Å². The van der Waals surface area contributed by atoms with Crippen molar-refractivity contribution < 1.29 is 9.15 Å². The number of methoxy groups -OCH3 is 1. The molecular weight excluding hydrogens is 228 g/mol. The summed E-state index contributed by atoms with van der Waals surface area (Å²) in [6.07, 6.45) is 5.71. The van der Waals surface area contributed by atoms with Gasteiger partial charge in [-0.1, -0.05) is 12.1 Å². The van der Waals surface area contributed by atoms with Gasteiger partial charge in [-0.2, -0.15) is 0 Å². The number of rotatable bonds is 2. The number of nitrogens with zero attached hydrogens (tertiary/aromatic N) is 1. The van der Waals surface area contributed by atoms with E-state index < -0.39 is 5.54 Å². The fourth-order valence-electron chi connectivity index (χ4n) is 1.92. The number of ether oxygens (including phenoxy) is 1. The van der Waals surface area contributed by atoms with Gasteiger partial charge in [0.1, 0.15) is 16.8 Å². The monoisotopic (exact) mass is 242 g/mol. The van der Waals surface area contributed by atoms with Crippen LogP contribution in [-0.2, 0) is 10.3 Å². The Bertz CT molecular complexity index is 609. The van der Waals surface area contributed by atoms with Crippen molar-refractivity contribution >= 4 is 11.1 Å². The Hall–Kier alpha value is -2.23. The van der Waals surface area contributed by atoms with E-state index in [2.05, 4.69) is 10.3 Å². The summed E-state index contributed by atoms with van der Waals surface area (Å²) in [5.41, 5.74) is 1.22. The Labute approximate surface area is 105 Å². The number of aromatic nitrogens is 1. The molecule has 0 radical (unpaired) electrons. The fraction of sp³-hybridized carbons (Fsp3) is 0.214. The molecule has 0 aliphatic carbocycles. The van der Waals surface area contributed by atoms with Crippen LogP contribution in [0.5, 0.6) is 0 Å². The summed E-state index contributed by atoms with van der Waals surface area (Å²) >= 11 is 0. The topological polar surface area (TPSA) is 47.3 Å². The van der Waals surface area contributed by atoms with Crippen molar-refractivity contribution in [2.75, 3.05) is 7.11 Å². The van der Waals surface area contributed by atoms with Crippen LogP contribution < -0.4 is 5.32 Å². The molecule has 18 heavy (non-hydrogen) atoms. The molecule has 0 fully saturated rings. The number of hydrogen-bond acceptors (Lipinski definition) is 4. The van der Waals surface area contributed by atoms with Gasteiger partial charge in [-0.3, -0.25) is 0 Å². The Kier molecular flexibility index (Phi) is 2.37. The first-order chi connectivity index (χ1) is 8.71. The van der Waals surface area contributed by atoms with E-state index in [4.69, 9.17) is 9.15 Å². The van der Waals surface area contributed by atoms with E-state index in [-0.39, 0.29) is 0 Å². The standard InChI is InChI=1S/C14H14N2O2/c1-14(8-7-10(17-2)9-15-14)13-16-11-5-3-4-6-12(11)18-13/h3-9,15H,1-2H3. The van der Waals surface area contributed by atoms with Gasteiger partial charge in [0, 0.05) is 6.20 Å². The summed E-state index contributed by atoms with van der Waals surface area (Å²) in [5.74, 6) is 1.43. The van der Waals surface area contributed by atoms with Crippen LogP contribution in [0, 0.1) is 0 Å². The minimum atomic E-state index is -0.443. The number of oxazole rings is 1. The number of benzene rings is 1. The lowest BCUT2D eigenvalue weighted by molar-refractivity contribution is 0.290. The molecule has 1 unspecified atom stereocenters. The first-order valence-electron chi connectivity index (χ1n) is 5.78. The van der Waals surface area contributed by atoms with Gasteiger partial charge in [0.05, 0.1) is 7.11 Å². The highest BCUT2D eigenvalue weighted by Crippen LogP contribution is 2.28. The zero-order valence-electron chi connectivity index (χ0n) is 10.3. The van der Waals surface area contributed by atoms with E-state index in [9.17, 15) is 0 Å². The Balaban J connectivity index is 2.00. The molecule has 2 aromatic rings. The highest BCUT2D eigenvalue weighted by Gasteiger charge is 2.30. The van der Waals surface area contributed by atoms with Gasteiger partial charge in [0.25, 0.3) is 0 Å². The molecule has 0 saturated carbocycles. The molecule has 1 atom stereocenters. The predicted octanol–water partition coefficient (Wildman–Crippen LogP) is 2.69. The summed E-state index contributed by atoms with van der Waals surface area (Å²) in [6.45, 7) is 2.01. The molecule has 1 aliphatic heterocycles. The lowest BCUT2D eigenvalue weighted by atomic mass is 10.00. The van der Waals surface area contributed by atoms with E-state index in [0.717, 1.165) is 16.9 Å². The third-order valence-corrected chi connectivity index (χ3v) is 3.07. The minimum Gasteiger partial charge on any atom is -0.495 e. The summed E-state index contributed by atoms with van der Waals surface area (Å²) in [6, 6.07) is 7.74. The summed E-state index contributed by atoms with van der Waals surface area (Å²) in [7, 11) is 1.64. The molecule has 92 valence electrons. The normalized spacial score (nSPS) is 22.7. The van der Waals surface area contributed by atoms with Gasteiger partial charge in [-0.05, 0) is 31.2 Å². The molecule has 1 aromatic heterocycles. The van der Waals surface area contributed by atoms with Crippen LogP contribution in [-0.4, -0.2) is 12.1 Å². The number of para-hydroxylation sites is 2. The summed E-state index contributed by atoms with van der Waals surface area (Å²) in [4.78, 5) is 4.51. The minimum absolute atomic E-state index is 0.443. The average Bonchev–Trinajstić information content (AvgIpc) is 2.84. The van der Waals surface area contributed by atoms with Crippen LogP contribution in [0.25, 0.3) is 11.1 Å². The molecule has 2 heterocycles. The number of allylic oxidation sites excluding steroid dienone is 1. The largest absolute Gasteiger partial charge is 0.495 e. The molecule has 0 spiro atoms. The fourth-order valence-corrected chi connectivity index (χ4v) is 1.92. The molecule has 0 bridgehead atoms. The smallest absolute Gasteiger partial charge is 0.224 e. The molecule has 3 rings (SSSR count). The number of dihydropyridines is 1. The lowest BCUT2D eigenvalue weighted by Gasteiger charge is -2.26. The average molecular weight is 242 g/mol. The molecule has 1 N–H and O–H groups in total. The summed E-state index contributed by atoms with van der Waals surface area (Å²) < 4.78 is 10.9. The lowest BCUT2D eigenvalue weighted by Crippen LogP contribution is -2.36. The molecule has 4 heteroatoms. The zero-order chi connectivity index (χ0) is 12.6. The van der Waals surface area contributed by atoms with E-state index in [1.165, 1.54) is 0 Å². The van der Waals surface area contributed by atoms with Gasteiger partial charge in [-0.25, -0.2) is 4.98 Å². The van der Waals surface area contributed by atoms with Crippen LogP contribution in [0.15, 0.2) is 52.8 Å². The quantitative estimate of drug-likeness (QED) is 0.879. The maximum absolute atomic E-state index is 5.78. The molecule has 4 nitrogen and oxygen atoms in total. The molecular formula is C14H14N2O2. The Morgan fingerprint density at radius 3 is 2.83 bits per heavy atom. The first kappa shape index (κ1) is 10.9. The van der Waals surface area contributed by atoms with Crippen LogP contribution in [0.4, 0.5) is 0 Å². The predicted molar refractivity (Wildman–Crippen MR) is 68.7 cm³/mol. The van der Waals surface area contributed by atoms with Gasteiger partial charge in [0.2, 0.25) is 5.89 Å². The van der Waals surface area contributed by atoms with Crippen LogP contribution >= 0.6 is 0 Å². The number of fused-ring (bicyclic) bond motifs is 1. The van der Waals surface area contributed by atoms with Gasteiger partial charge < -0.3 is 14.5 Å². The van der Waals surface area contributed by atoms with Crippen LogP contribution in [0.1, 0.15) is 12.8 Å². The van der Waals surface area contributed by atoms with Crippen molar-refractivity contribution in [1.29, 1.82) is 0 Å². The first-order valence-corrected chi connectivity index (χ1v) is 5.78. The van der Waals surface area contributed by atoms with E-state index >= 15 is 0 Å². The van der Waals surface area contributed by atoms with Crippen molar-refractivity contribution in [1.82, 2.24) is 10.3 Å². The van der Waals surface area contributed by atoms with Crippen molar-refractivity contribution in [2.24, 2.45) is 0 Å². The highest BCUT2D eigenvalue weighted by molar-refractivity contribution is 5.72. The molecule has 0 amide bonds. The van der Waals surface area contributed by atoms with E-state index in [0.29, 0.717) is 5.89 Å². The van der Waals surface area contributed by atoms with Gasteiger partial charge >= 0.3 is 0 Å². The Morgan fingerprint density at radius 2 is 2.17 bits per heavy atom. The van der Waals surface area contributed by atoms with E-state index in [1.807, 2.05) is 49.5 Å². The molecule has 0 saturated heterocycles. The molecule has 1 aromatic carbocycles. The Morgan fingerprint density at radius 1 is 1.33 bits per heavy atom. The van der Waals surface area contributed by atoms with Crippen molar-refractivity contribution in [3.63, 3.8) is 0 Å². The van der Waals surface area contributed by atoms with Crippen LogP contribution in [0.2, 0.25) is 0 Å². The SMILES string of the molecule is COC1=CNC(C)(c2nc3ccccc3o2)C=C1.